The maximum absolute atomic E-state index is 12.4. The number of benzene rings is 2. The predicted molar refractivity (Wildman–Crippen MR) is 102 cm³/mol. The number of hydrogen-bond acceptors (Lipinski definition) is 4. The normalized spacial score (nSPS) is 16.6. The van der Waals surface area contributed by atoms with E-state index in [1.54, 1.807) is 0 Å². The molecule has 1 unspecified atom stereocenters. The Labute approximate surface area is 163 Å². The lowest BCUT2D eigenvalue weighted by Gasteiger charge is -2.23. The van der Waals surface area contributed by atoms with Gasteiger partial charge in [-0.05, 0) is 48.1 Å². The highest BCUT2D eigenvalue weighted by molar-refractivity contribution is 6.31. The zero-order valence-corrected chi connectivity index (χ0v) is 15.7. The molecule has 0 aromatic heterocycles. The van der Waals surface area contributed by atoms with Crippen LogP contribution < -0.4 is 14.8 Å². The molecule has 1 fully saturated rings. The first-order valence-electron chi connectivity index (χ1n) is 9.21. The fourth-order valence-corrected chi connectivity index (χ4v) is 3.43. The Balaban J connectivity index is 1.36. The van der Waals surface area contributed by atoms with Gasteiger partial charge in [0.1, 0.15) is 19.8 Å². The predicted octanol–water partition coefficient (Wildman–Crippen LogP) is 3.90. The summed E-state index contributed by atoms with van der Waals surface area (Å²) in [6.07, 6.45) is 2.22. The van der Waals surface area contributed by atoms with Gasteiger partial charge in [0.2, 0.25) is 5.91 Å². The third-order valence-electron chi connectivity index (χ3n) is 4.78. The van der Waals surface area contributed by atoms with Crippen molar-refractivity contribution < 1.29 is 19.0 Å². The number of nitrogens with one attached hydrogen (secondary N) is 1. The molecule has 142 valence electrons. The van der Waals surface area contributed by atoms with Crippen LogP contribution in [-0.4, -0.2) is 25.7 Å². The van der Waals surface area contributed by atoms with E-state index < -0.39 is 0 Å². The van der Waals surface area contributed by atoms with E-state index in [0.717, 1.165) is 35.5 Å². The first-order valence-corrected chi connectivity index (χ1v) is 9.58. The van der Waals surface area contributed by atoms with E-state index in [1.165, 1.54) is 0 Å². The maximum Gasteiger partial charge on any atom is 0.246 e. The third kappa shape index (κ3) is 4.54. The molecule has 1 aliphatic carbocycles. The summed E-state index contributed by atoms with van der Waals surface area (Å²) < 4.78 is 16.8. The van der Waals surface area contributed by atoms with Gasteiger partial charge in [0, 0.05) is 5.02 Å². The number of fused-ring (bicyclic) bond motifs is 1. The average molecular weight is 388 g/mol. The van der Waals surface area contributed by atoms with E-state index in [1.807, 2.05) is 42.5 Å². The number of carbonyl (C=O) groups excluding carboxylic acids is 1. The average Bonchev–Trinajstić information content (AvgIpc) is 3.52. The van der Waals surface area contributed by atoms with E-state index in [-0.39, 0.29) is 18.6 Å². The van der Waals surface area contributed by atoms with Crippen LogP contribution in [0.15, 0.2) is 42.5 Å². The lowest BCUT2D eigenvalue weighted by molar-refractivity contribution is -0.127. The molecule has 0 radical (unpaired) electrons. The summed E-state index contributed by atoms with van der Waals surface area (Å²) in [5.74, 6) is 1.83. The molecule has 1 N–H and O–H groups in total. The standard InChI is InChI=1S/C21H22ClNO4/c22-17-4-2-1-3-16(17)12-25-13-20(24)23-21(14-5-6-14)15-7-8-18-19(11-15)27-10-9-26-18/h1-4,7-8,11,14,21H,5-6,9-10,12-13H2,(H,23,24). The molecule has 2 aromatic carbocycles. The first kappa shape index (κ1) is 18.1. The zero-order valence-electron chi connectivity index (χ0n) is 14.9. The van der Waals surface area contributed by atoms with Crippen molar-refractivity contribution in [2.24, 2.45) is 5.92 Å². The monoisotopic (exact) mass is 387 g/mol. The van der Waals surface area contributed by atoms with Crippen molar-refractivity contribution in [1.82, 2.24) is 5.32 Å². The Hall–Kier alpha value is -2.24. The quantitative estimate of drug-likeness (QED) is 0.783. The second-order valence-corrected chi connectivity index (χ2v) is 7.28. The topological polar surface area (TPSA) is 56.8 Å². The van der Waals surface area contributed by atoms with Crippen molar-refractivity contribution in [1.29, 1.82) is 0 Å². The number of halogens is 1. The second-order valence-electron chi connectivity index (χ2n) is 6.87. The number of amides is 1. The van der Waals surface area contributed by atoms with E-state index in [4.69, 9.17) is 25.8 Å². The molecule has 4 rings (SSSR count). The molecule has 5 nitrogen and oxygen atoms in total. The summed E-state index contributed by atoms with van der Waals surface area (Å²) in [7, 11) is 0. The fourth-order valence-electron chi connectivity index (χ4n) is 3.24. The van der Waals surface area contributed by atoms with Crippen LogP contribution >= 0.6 is 11.6 Å². The number of rotatable bonds is 7. The Kier molecular flexibility index (Phi) is 5.50. The van der Waals surface area contributed by atoms with Gasteiger partial charge < -0.3 is 19.5 Å². The van der Waals surface area contributed by atoms with Crippen LogP contribution in [0, 0.1) is 5.92 Å². The summed E-state index contributed by atoms with van der Waals surface area (Å²) >= 11 is 6.11. The molecule has 1 amide bonds. The van der Waals surface area contributed by atoms with E-state index in [0.29, 0.717) is 30.8 Å². The van der Waals surface area contributed by atoms with Crippen LogP contribution in [0.2, 0.25) is 5.02 Å². The molecular formula is C21H22ClNO4. The van der Waals surface area contributed by atoms with Crippen molar-refractivity contribution in [3.63, 3.8) is 0 Å². The largest absolute Gasteiger partial charge is 0.486 e. The van der Waals surface area contributed by atoms with Crippen molar-refractivity contribution in [3.05, 3.63) is 58.6 Å². The van der Waals surface area contributed by atoms with Gasteiger partial charge in [0.15, 0.2) is 11.5 Å². The van der Waals surface area contributed by atoms with Crippen LogP contribution in [0.3, 0.4) is 0 Å². The van der Waals surface area contributed by atoms with Crippen molar-refractivity contribution >= 4 is 17.5 Å². The molecule has 1 aliphatic heterocycles. The van der Waals surface area contributed by atoms with E-state index in [2.05, 4.69) is 5.32 Å². The molecule has 0 spiro atoms. The van der Waals surface area contributed by atoms with Gasteiger partial charge in [-0.25, -0.2) is 0 Å². The van der Waals surface area contributed by atoms with Gasteiger partial charge in [-0.2, -0.15) is 0 Å². The summed E-state index contributed by atoms with van der Waals surface area (Å²) in [6, 6.07) is 13.3. The van der Waals surface area contributed by atoms with Gasteiger partial charge in [-0.1, -0.05) is 35.9 Å². The molecule has 1 saturated carbocycles. The zero-order chi connectivity index (χ0) is 18.6. The van der Waals surface area contributed by atoms with E-state index >= 15 is 0 Å². The first-order chi connectivity index (χ1) is 13.2. The Morgan fingerprint density at radius 1 is 1.15 bits per heavy atom. The molecule has 0 saturated heterocycles. The lowest BCUT2D eigenvalue weighted by Crippen LogP contribution is -2.33. The van der Waals surface area contributed by atoms with Gasteiger partial charge in [-0.3, -0.25) is 4.79 Å². The lowest BCUT2D eigenvalue weighted by atomic mass is 10.0. The highest BCUT2D eigenvalue weighted by atomic mass is 35.5. The Bertz CT molecular complexity index is 822. The molecule has 0 bridgehead atoms. The minimum Gasteiger partial charge on any atom is -0.486 e. The summed E-state index contributed by atoms with van der Waals surface area (Å²) in [5, 5.41) is 3.75. The molecular weight excluding hydrogens is 366 g/mol. The Morgan fingerprint density at radius 2 is 1.93 bits per heavy atom. The highest BCUT2D eigenvalue weighted by Crippen LogP contribution is 2.43. The minimum absolute atomic E-state index is 0.000997. The number of hydrogen-bond donors (Lipinski definition) is 1. The molecule has 1 heterocycles. The van der Waals surface area contributed by atoms with Gasteiger partial charge in [0.05, 0.1) is 12.6 Å². The summed E-state index contributed by atoms with van der Waals surface area (Å²) in [6.45, 7) is 1.43. The number of ether oxygens (including phenoxy) is 3. The molecule has 2 aromatic rings. The fraction of sp³-hybridized carbons (Fsp3) is 0.381. The van der Waals surface area contributed by atoms with Crippen LogP contribution in [0.25, 0.3) is 0 Å². The van der Waals surface area contributed by atoms with Gasteiger partial charge in [-0.15, -0.1) is 0 Å². The van der Waals surface area contributed by atoms with Crippen LogP contribution in [0.4, 0.5) is 0 Å². The minimum atomic E-state index is -0.131. The Morgan fingerprint density at radius 3 is 2.70 bits per heavy atom. The van der Waals surface area contributed by atoms with Crippen LogP contribution in [0.1, 0.15) is 30.0 Å². The van der Waals surface area contributed by atoms with Crippen molar-refractivity contribution in [3.8, 4) is 11.5 Å². The molecule has 2 aliphatic rings. The third-order valence-corrected chi connectivity index (χ3v) is 5.15. The highest BCUT2D eigenvalue weighted by Gasteiger charge is 2.34. The van der Waals surface area contributed by atoms with Crippen LogP contribution in [0.5, 0.6) is 11.5 Å². The van der Waals surface area contributed by atoms with Gasteiger partial charge >= 0.3 is 0 Å². The molecule has 1 atom stereocenters. The van der Waals surface area contributed by atoms with Crippen molar-refractivity contribution in [2.75, 3.05) is 19.8 Å². The smallest absolute Gasteiger partial charge is 0.246 e. The second kappa shape index (κ2) is 8.19. The number of carbonyl (C=O) groups is 1. The molecule has 27 heavy (non-hydrogen) atoms. The summed E-state index contributed by atoms with van der Waals surface area (Å²) in [4.78, 5) is 12.4. The van der Waals surface area contributed by atoms with E-state index in [9.17, 15) is 4.79 Å². The van der Waals surface area contributed by atoms with Gasteiger partial charge in [0.25, 0.3) is 0 Å². The molecule has 6 heteroatoms. The van der Waals surface area contributed by atoms with Crippen molar-refractivity contribution in [2.45, 2.75) is 25.5 Å². The summed E-state index contributed by atoms with van der Waals surface area (Å²) in [5.41, 5.74) is 1.92. The van der Waals surface area contributed by atoms with Crippen LogP contribution in [-0.2, 0) is 16.1 Å². The maximum atomic E-state index is 12.4. The SMILES string of the molecule is O=C(COCc1ccccc1Cl)NC(c1ccc2c(c1)OCCO2)C1CC1.